The number of esters is 1. The van der Waals surface area contributed by atoms with Gasteiger partial charge >= 0.3 is 5.97 Å². The highest BCUT2D eigenvalue weighted by Gasteiger charge is 2.42. The number of nitrogens with zero attached hydrogens (tertiary/aromatic N) is 2. The van der Waals surface area contributed by atoms with E-state index in [1.807, 2.05) is 24.5 Å². The molecule has 3 aromatic carbocycles. The maximum atomic E-state index is 12.9. The number of carbonyl (C=O) groups excluding carboxylic acids is 1. The van der Waals surface area contributed by atoms with Crippen LogP contribution in [-0.2, 0) is 15.1 Å². The van der Waals surface area contributed by atoms with E-state index in [4.69, 9.17) is 9.72 Å². The fourth-order valence-corrected chi connectivity index (χ4v) is 5.78. The zero-order valence-corrected chi connectivity index (χ0v) is 21.0. The van der Waals surface area contributed by atoms with Gasteiger partial charge in [-0.3, -0.25) is 4.79 Å². The van der Waals surface area contributed by atoms with Crippen molar-refractivity contribution < 1.29 is 9.53 Å². The number of ether oxygens (including phenoxy) is 1. The summed E-state index contributed by atoms with van der Waals surface area (Å²) in [5, 5.41) is 0. The van der Waals surface area contributed by atoms with Gasteiger partial charge in [0.2, 0.25) is 0 Å². The van der Waals surface area contributed by atoms with Crippen molar-refractivity contribution in [3.8, 4) is 0 Å². The second-order valence-corrected chi connectivity index (χ2v) is 9.64. The van der Waals surface area contributed by atoms with Crippen LogP contribution in [0.4, 0.5) is 0 Å². The van der Waals surface area contributed by atoms with E-state index in [-0.39, 0.29) is 23.7 Å². The molecule has 1 aliphatic carbocycles. The van der Waals surface area contributed by atoms with Crippen molar-refractivity contribution >= 4 is 5.97 Å². The highest BCUT2D eigenvalue weighted by molar-refractivity contribution is 5.74. The van der Waals surface area contributed by atoms with Crippen LogP contribution in [0.1, 0.15) is 48.6 Å². The van der Waals surface area contributed by atoms with Gasteiger partial charge in [0.05, 0.1) is 25.0 Å². The number of aromatic nitrogens is 2. The van der Waals surface area contributed by atoms with Gasteiger partial charge in [-0.25, -0.2) is 4.98 Å². The molecule has 0 saturated heterocycles. The van der Waals surface area contributed by atoms with Crippen LogP contribution in [0.3, 0.4) is 0 Å². The van der Waals surface area contributed by atoms with E-state index < -0.39 is 5.54 Å². The number of methoxy groups -OCH3 is 1. The molecule has 1 unspecified atom stereocenters. The molecule has 36 heavy (non-hydrogen) atoms. The van der Waals surface area contributed by atoms with E-state index >= 15 is 0 Å². The molecule has 1 heterocycles. The summed E-state index contributed by atoms with van der Waals surface area (Å²) in [5.74, 6) is -0.376. The molecule has 4 heteroatoms. The van der Waals surface area contributed by atoms with Crippen LogP contribution in [-0.4, -0.2) is 22.6 Å². The molecule has 0 aliphatic heterocycles. The molecule has 1 aliphatic rings. The predicted molar refractivity (Wildman–Crippen MR) is 143 cm³/mol. The first kappa shape index (κ1) is 23.8. The summed E-state index contributed by atoms with van der Waals surface area (Å²) >= 11 is 0. The third-order valence-corrected chi connectivity index (χ3v) is 7.80. The van der Waals surface area contributed by atoms with E-state index in [9.17, 15) is 4.79 Å². The summed E-state index contributed by atoms with van der Waals surface area (Å²) in [5.41, 5.74) is 4.94. The van der Waals surface area contributed by atoms with E-state index in [1.165, 1.54) is 12.7 Å². The molecular formula is C32H32N2O2. The molecule has 0 fully saturated rings. The Morgan fingerprint density at radius 2 is 1.39 bits per heavy atom. The van der Waals surface area contributed by atoms with E-state index in [0.29, 0.717) is 0 Å². The number of hydrogen-bond acceptors (Lipinski definition) is 3. The third-order valence-electron chi connectivity index (χ3n) is 7.80. The van der Waals surface area contributed by atoms with Crippen molar-refractivity contribution in [2.24, 2.45) is 11.8 Å². The molecule has 4 nitrogen and oxygen atoms in total. The van der Waals surface area contributed by atoms with Crippen LogP contribution in [0.25, 0.3) is 0 Å². The highest BCUT2D eigenvalue weighted by Crippen LogP contribution is 2.44. The van der Waals surface area contributed by atoms with Gasteiger partial charge in [0, 0.05) is 12.1 Å². The topological polar surface area (TPSA) is 44.1 Å². The van der Waals surface area contributed by atoms with Crippen LogP contribution >= 0.6 is 0 Å². The quantitative estimate of drug-likeness (QED) is 0.179. The minimum atomic E-state index is -0.623. The first-order valence-electron chi connectivity index (χ1n) is 12.5. The summed E-state index contributed by atoms with van der Waals surface area (Å²) in [7, 11) is 1.48. The Morgan fingerprint density at radius 1 is 0.889 bits per heavy atom. The first-order chi connectivity index (χ1) is 17.6. The van der Waals surface area contributed by atoms with Gasteiger partial charge in [-0.15, -0.1) is 0 Å². The van der Waals surface area contributed by atoms with Crippen molar-refractivity contribution in [2.45, 2.75) is 31.7 Å². The monoisotopic (exact) mass is 476 g/mol. The Labute approximate surface area is 213 Å². The van der Waals surface area contributed by atoms with Gasteiger partial charge in [0.1, 0.15) is 5.54 Å². The van der Waals surface area contributed by atoms with Crippen molar-refractivity contribution in [1.29, 1.82) is 0 Å². The smallest absolute Gasteiger partial charge is 0.309 e. The molecular weight excluding hydrogens is 444 g/mol. The maximum absolute atomic E-state index is 12.9. The van der Waals surface area contributed by atoms with Crippen LogP contribution in [0, 0.1) is 11.8 Å². The Bertz CT molecular complexity index is 1250. The Kier molecular flexibility index (Phi) is 6.60. The fourth-order valence-electron chi connectivity index (χ4n) is 5.78. The predicted octanol–water partition coefficient (Wildman–Crippen LogP) is 6.58. The number of allylic oxidation sites excluding steroid dienone is 2. The number of benzene rings is 3. The zero-order valence-electron chi connectivity index (χ0n) is 21.0. The number of carbonyl (C=O) groups is 1. The van der Waals surface area contributed by atoms with E-state index in [2.05, 4.69) is 103 Å². The average molecular weight is 477 g/mol. The molecule has 1 aromatic heterocycles. The Hall–Kier alpha value is -3.92. The second kappa shape index (κ2) is 9.98. The molecule has 4 aromatic rings. The van der Waals surface area contributed by atoms with Crippen LogP contribution in [0.5, 0.6) is 0 Å². The van der Waals surface area contributed by atoms with Crippen molar-refractivity contribution in [3.05, 3.63) is 138 Å². The lowest BCUT2D eigenvalue weighted by Crippen LogP contribution is -2.37. The van der Waals surface area contributed by atoms with Gasteiger partial charge in [-0.2, -0.15) is 0 Å². The van der Waals surface area contributed by atoms with Crippen LogP contribution in [0.2, 0.25) is 0 Å². The molecule has 3 atom stereocenters. The molecule has 0 N–H and O–H groups in total. The minimum Gasteiger partial charge on any atom is -0.469 e. The molecule has 0 spiro atoms. The summed E-state index contributed by atoms with van der Waals surface area (Å²) in [4.78, 5) is 17.8. The standard InChI is InChI=1S/C32H32N2O2/c1-23-19-20-28(30(24(23)2)31(35)36-3)29-21-34(22-33-29)32(25-13-7-4-8-14-25,26-15-9-5-10-16-26)27-17-11-6-12-18-27/h4-19,21-22,24,28,30H,20H2,1-3H3/t24?,28-,30+/m1/s1. The SMILES string of the molecule is COC(=O)[C@H]1C(C)C(C)=CC[C@@H]1c1cn(C(c2ccccc2)(c2ccccc2)c2ccccc2)cn1. The Balaban J connectivity index is 1.73. The zero-order chi connectivity index (χ0) is 25.1. The van der Waals surface area contributed by atoms with Crippen molar-refractivity contribution in [3.63, 3.8) is 0 Å². The van der Waals surface area contributed by atoms with Crippen molar-refractivity contribution in [1.82, 2.24) is 9.55 Å². The lowest BCUT2D eigenvalue weighted by atomic mass is 9.72. The summed E-state index contributed by atoms with van der Waals surface area (Å²) in [6, 6.07) is 31.7. The summed E-state index contributed by atoms with van der Waals surface area (Å²) in [6.45, 7) is 4.21. The molecule has 5 rings (SSSR count). The lowest BCUT2D eigenvalue weighted by Gasteiger charge is -2.37. The highest BCUT2D eigenvalue weighted by atomic mass is 16.5. The third kappa shape index (κ3) is 3.97. The van der Waals surface area contributed by atoms with Gasteiger partial charge < -0.3 is 9.30 Å². The Morgan fingerprint density at radius 3 is 1.86 bits per heavy atom. The largest absolute Gasteiger partial charge is 0.469 e. The van der Waals surface area contributed by atoms with Gasteiger partial charge in [0.25, 0.3) is 0 Å². The summed E-state index contributed by atoms with van der Waals surface area (Å²) in [6.07, 6.45) is 7.07. The van der Waals surface area contributed by atoms with Crippen LogP contribution in [0.15, 0.2) is 115 Å². The minimum absolute atomic E-state index is 0.0441. The molecule has 0 saturated carbocycles. The number of imidazole rings is 1. The van der Waals surface area contributed by atoms with E-state index in [0.717, 1.165) is 28.8 Å². The molecule has 0 amide bonds. The van der Waals surface area contributed by atoms with Gasteiger partial charge in [0.15, 0.2) is 0 Å². The summed E-state index contributed by atoms with van der Waals surface area (Å²) < 4.78 is 7.46. The molecule has 0 radical (unpaired) electrons. The fraction of sp³-hybridized carbons (Fsp3) is 0.250. The van der Waals surface area contributed by atoms with Crippen molar-refractivity contribution in [2.75, 3.05) is 7.11 Å². The number of hydrogen-bond donors (Lipinski definition) is 0. The van der Waals surface area contributed by atoms with Crippen LogP contribution < -0.4 is 0 Å². The lowest BCUT2D eigenvalue weighted by molar-refractivity contribution is -0.148. The maximum Gasteiger partial charge on any atom is 0.309 e. The van der Waals surface area contributed by atoms with E-state index in [1.54, 1.807) is 0 Å². The molecule has 0 bridgehead atoms. The second-order valence-electron chi connectivity index (χ2n) is 9.64. The number of rotatable bonds is 6. The normalized spacial score (nSPS) is 20.0. The molecule has 182 valence electrons. The average Bonchev–Trinajstić information content (AvgIpc) is 3.42. The first-order valence-corrected chi connectivity index (χ1v) is 12.5. The van der Waals surface area contributed by atoms with Gasteiger partial charge in [-0.05, 0) is 36.0 Å². The van der Waals surface area contributed by atoms with Gasteiger partial charge in [-0.1, -0.05) is 110 Å².